The first-order valence-electron chi connectivity index (χ1n) is 8.69. The number of halogens is 1. The van der Waals surface area contributed by atoms with Crippen LogP contribution in [-0.4, -0.2) is 20.8 Å². The molecule has 4 rings (SSSR count). The fourth-order valence-electron chi connectivity index (χ4n) is 2.75. The molecular formula is C21H17ClN4O2. The van der Waals surface area contributed by atoms with E-state index in [1.807, 2.05) is 55.5 Å². The molecule has 0 spiro atoms. The molecule has 2 heterocycles. The highest BCUT2D eigenvalue weighted by molar-refractivity contribution is 6.31. The van der Waals surface area contributed by atoms with Gasteiger partial charge in [0, 0.05) is 22.8 Å². The molecule has 140 valence electrons. The van der Waals surface area contributed by atoms with Gasteiger partial charge in [-0.25, -0.2) is 0 Å². The number of hydrogen-bond donors (Lipinski definition) is 1. The predicted molar refractivity (Wildman–Crippen MR) is 107 cm³/mol. The third-order valence-electron chi connectivity index (χ3n) is 4.26. The first kappa shape index (κ1) is 18.0. The van der Waals surface area contributed by atoms with Gasteiger partial charge in [-0.1, -0.05) is 64.8 Å². The van der Waals surface area contributed by atoms with Crippen LogP contribution in [0.25, 0.3) is 11.3 Å². The van der Waals surface area contributed by atoms with Crippen molar-refractivity contribution in [2.45, 2.75) is 13.5 Å². The molecule has 1 amide bonds. The maximum atomic E-state index is 12.4. The van der Waals surface area contributed by atoms with Crippen molar-refractivity contribution in [3.05, 3.63) is 88.8 Å². The summed E-state index contributed by atoms with van der Waals surface area (Å²) in [6.07, 6.45) is 3.32. The van der Waals surface area contributed by atoms with Gasteiger partial charge in [-0.05, 0) is 18.6 Å². The fraction of sp³-hybridized carbons (Fsp3) is 0.0952. The number of hydrogen-bond acceptors (Lipinski definition) is 4. The molecule has 0 unspecified atom stereocenters. The average molecular weight is 393 g/mol. The molecule has 6 nitrogen and oxygen atoms in total. The van der Waals surface area contributed by atoms with Crippen molar-refractivity contribution in [1.29, 1.82) is 0 Å². The predicted octanol–water partition coefficient (Wildman–Crippen LogP) is 4.80. The maximum Gasteiger partial charge on any atom is 0.277 e. The van der Waals surface area contributed by atoms with Crippen molar-refractivity contribution in [3.63, 3.8) is 0 Å². The first-order valence-corrected chi connectivity index (χ1v) is 9.07. The zero-order valence-corrected chi connectivity index (χ0v) is 15.8. The lowest BCUT2D eigenvalue weighted by molar-refractivity contribution is 0.101. The van der Waals surface area contributed by atoms with Gasteiger partial charge in [0.2, 0.25) is 0 Å². The molecule has 4 aromatic rings. The SMILES string of the molecule is Cc1ccc(-c2cc(C(=O)Nc3cnn(Cc4ccccc4Cl)c3)no2)cc1. The van der Waals surface area contributed by atoms with Crippen LogP contribution >= 0.6 is 11.6 Å². The number of carbonyl (C=O) groups is 1. The second-order valence-electron chi connectivity index (χ2n) is 6.41. The van der Waals surface area contributed by atoms with E-state index in [2.05, 4.69) is 15.6 Å². The van der Waals surface area contributed by atoms with E-state index in [1.165, 1.54) is 0 Å². The Labute approximate surface area is 166 Å². The van der Waals surface area contributed by atoms with E-state index in [0.29, 0.717) is 23.0 Å². The van der Waals surface area contributed by atoms with Crippen LogP contribution in [-0.2, 0) is 6.54 Å². The lowest BCUT2D eigenvalue weighted by Crippen LogP contribution is -2.11. The van der Waals surface area contributed by atoms with Crippen molar-refractivity contribution < 1.29 is 9.32 Å². The third kappa shape index (κ3) is 3.97. The van der Waals surface area contributed by atoms with Gasteiger partial charge in [-0.3, -0.25) is 9.48 Å². The van der Waals surface area contributed by atoms with E-state index >= 15 is 0 Å². The molecule has 28 heavy (non-hydrogen) atoms. The molecule has 0 saturated carbocycles. The number of nitrogens with one attached hydrogen (secondary N) is 1. The van der Waals surface area contributed by atoms with Crippen LogP contribution in [0, 0.1) is 6.92 Å². The zero-order chi connectivity index (χ0) is 19.5. The lowest BCUT2D eigenvalue weighted by Gasteiger charge is -2.03. The first-order chi connectivity index (χ1) is 13.6. The maximum absolute atomic E-state index is 12.4. The van der Waals surface area contributed by atoms with Gasteiger partial charge >= 0.3 is 0 Å². The van der Waals surface area contributed by atoms with E-state index in [1.54, 1.807) is 23.1 Å². The van der Waals surface area contributed by atoms with Crippen LogP contribution < -0.4 is 5.32 Å². The molecular weight excluding hydrogens is 376 g/mol. The minimum Gasteiger partial charge on any atom is -0.355 e. The number of nitrogens with zero attached hydrogens (tertiary/aromatic N) is 3. The summed E-state index contributed by atoms with van der Waals surface area (Å²) in [7, 11) is 0. The minimum atomic E-state index is -0.362. The molecule has 0 radical (unpaired) electrons. The molecule has 0 aliphatic heterocycles. The number of anilines is 1. The highest BCUT2D eigenvalue weighted by atomic mass is 35.5. The van der Waals surface area contributed by atoms with Crippen molar-refractivity contribution >= 4 is 23.2 Å². The Bertz CT molecular complexity index is 1120. The summed E-state index contributed by atoms with van der Waals surface area (Å²) in [5.74, 6) is 0.180. The summed E-state index contributed by atoms with van der Waals surface area (Å²) in [5, 5.41) is 11.6. The molecule has 0 aliphatic rings. The molecule has 2 aromatic heterocycles. The van der Waals surface area contributed by atoms with Gasteiger partial charge in [0.1, 0.15) is 0 Å². The summed E-state index contributed by atoms with van der Waals surface area (Å²) in [5.41, 5.74) is 3.73. The quantitative estimate of drug-likeness (QED) is 0.529. The number of carbonyl (C=O) groups excluding carboxylic acids is 1. The average Bonchev–Trinajstić information content (AvgIpc) is 3.34. The van der Waals surface area contributed by atoms with Gasteiger partial charge < -0.3 is 9.84 Å². The van der Waals surface area contributed by atoms with Gasteiger partial charge in [-0.2, -0.15) is 5.10 Å². The Kier molecular flexibility index (Phi) is 4.95. The lowest BCUT2D eigenvalue weighted by atomic mass is 10.1. The van der Waals surface area contributed by atoms with Crippen molar-refractivity contribution in [2.24, 2.45) is 0 Å². The van der Waals surface area contributed by atoms with Crippen LogP contribution in [0.2, 0.25) is 5.02 Å². The van der Waals surface area contributed by atoms with Crippen molar-refractivity contribution in [2.75, 3.05) is 5.32 Å². The van der Waals surface area contributed by atoms with Crippen LogP contribution in [0.4, 0.5) is 5.69 Å². The van der Waals surface area contributed by atoms with Gasteiger partial charge in [0.15, 0.2) is 11.5 Å². The standard InChI is InChI=1S/C21H17ClN4O2/c1-14-6-8-15(9-7-14)20-10-19(25-28-20)21(27)24-17-11-23-26(13-17)12-16-4-2-3-5-18(16)22/h2-11,13H,12H2,1H3,(H,24,27). The van der Waals surface area contributed by atoms with E-state index < -0.39 is 0 Å². The van der Waals surface area contributed by atoms with Gasteiger partial charge in [0.25, 0.3) is 5.91 Å². The summed E-state index contributed by atoms with van der Waals surface area (Å²) >= 11 is 6.18. The summed E-state index contributed by atoms with van der Waals surface area (Å²) in [4.78, 5) is 12.4. The number of benzene rings is 2. The Morgan fingerprint density at radius 2 is 1.96 bits per heavy atom. The number of aromatic nitrogens is 3. The van der Waals surface area contributed by atoms with Crippen LogP contribution in [0.1, 0.15) is 21.6 Å². The highest BCUT2D eigenvalue weighted by Gasteiger charge is 2.15. The van der Waals surface area contributed by atoms with E-state index in [4.69, 9.17) is 16.1 Å². The van der Waals surface area contributed by atoms with Crippen LogP contribution in [0.15, 0.2) is 71.5 Å². The fourth-order valence-corrected chi connectivity index (χ4v) is 2.94. The largest absolute Gasteiger partial charge is 0.355 e. The molecule has 1 N–H and O–H groups in total. The Morgan fingerprint density at radius 3 is 2.75 bits per heavy atom. The topological polar surface area (TPSA) is 73.0 Å². The van der Waals surface area contributed by atoms with Crippen molar-refractivity contribution in [3.8, 4) is 11.3 Å². The van der Waals surface area contributed by atoms with Gasteiger partial charge in [0.05, 0.1) is 18.4 Å². The molecule has 0 saturated heterocycles. The highest BCUT2D eigenvalue weighted by Crippen LogP contribution is 2.21. The number of amides is 1. The van der Waals surface area contributed by atoms with E-state index in [0.717, 1.165) is 16.7 Å². The van der Waals surface area contributed by atoms with Crippen LogP contribution in [0.3, 0.4) is 0 Å². The van der Waals surface area contributed by atoms with E-state index in [-0.39, 0.29) is 11.6 Å². The second kappa shape index (κ2) is 7.70. The molecule has 0 aliphatic carbocycles. The normalized spacial score (nSPS) is 10.8. The smallest absolute Gasteiger partial charge is 0.277 e. The second-order valence-corrected chi connectivity index (χ2v) is 6.82. The monoisotopic (exact) mass is 392 g/mol. The summed E-state index contributed by atoms with van der Waals surface area (Å²) in [6, 6.07) is 17.0. The molecule has 2 aromatic carbocycles. The third-order valence-corrected chi connectivity index (χ3v) is 4.63. The summed E-state index contributed by atoms with van der Waals surface area (Å²) < 4.78 is 7.01. The molecule has 7 heteroatoms. The Morgan fingerprint density at radius 1 is 1.18 bits per heavy atom. The minimum absolute atomic E-state index is 0.203. The molecule has 0 atom stereocenters. The van der Waals surface area contributed by atoms with E-state index in [9.17, 15) is 4.79 Å². The summed E-state index contributed by atoms with van der Waals surface area (Å²) in [6.45, 7) is 2.52. The van der Waals surface area contributed by atoms with Gasteiger partial charge in [-0.15, -0.1) is 0 Å². The number of aryl methyl sites for hydroxylation is 1. The van der Waals surface area contributed by atoms with Crippen molar-refractivity contribution in [1.82, 2.24) is 14.9 Å². The molecule has 0 fully saturated rings. The Balaban J connectivity index is 1.44. The zero-order valence-electron chi connectivity index (χ0n) is 15.1. The van der Waals surface area contributed by atoms with Crippen LogP contribution in [0.5, 0.6) is 0 Å². The molecule has 0 bridgehead atoms. The number of rotatable bonds is 5. The Hall–Kier alpha value is -3.38.